The van der Waals surface area contributed by atoms with E-state index < -0.39 is 0 Å². The van der Waals surface area contributed by atoms with Crippen molar-refractivity contribution in [1.29, 1.82) is 0 Å². The maximum Gasteiger partial charge on any atom is 0.166 e. The number of rotatable bonds is 2. The van der Waals surface area contributed by atoms with Gasteiger partial charge in [0.15, 0.2) is 5.17 Å². The maximum atomic E-state index is 4.71. The van der Waals surface area contributed by atoms with Crippen molar-refractivity contribution in [2.45, 2.75) is 18.6 Å². The first-order valence-corrected chi connectivity index (χ1v) is 7.41. The highest BCUT2D eigenvalue weighted by molar-refractivity contribution is 8.14. The Labute approximate surface area is 118 Å². The molecule has 0 saturated heterocycles. The topological polar surface area (TPSA) is 24.4 Å². The number of thioether (sulfide) groups is 1. The third-order valence-corrected chi connectivity index (χ3v) is 4.44. The lowest BCUT2D eigenvalue weighted by Gasteiger charge is -2.23. The van der Waals surface area contributed by atoms with Crippen LogP contribution in [0.2, 0.25) is 0 Å². The average molecular weight is 268 g/mol. The van der Waals surface area contributed by atoms with Gasteiger partial charge in [-0.3, -0.25) is 0 Å². The van der Waals surface area contributed by atoms with Gasteiger partial charge in [0.2, 0.25) is 0 Å². The van der Waals surface area contributed by atoms with Gasteiger partial charge in [0.25, 0.3) is 0 Å². The highest BCUT2D eigenvalue weighted by Crippen LogP contribution is 2.42. The van der Waals surface area contributed by atoms with Crippen LogP contribution in [0.25, 0.3) is 0 Å². The lowest BCUT2D eigenvalue weighted by molar-refractivity contribution is 0.897. The van der Waals surface area contributed by atoms with E-state index in [2.05, 4.69) is 42.6 Å². The quantitative estimate of drug-likeness (QED) is 0.830. The summed E-state index contributed by atoms with van der Waals surface area (Å²) in [5, 5.41) is 4.87. The number of nitrogens with zero attached hydrogens (tertiary/aromatic N) is 1. The van der Waals surface area contributed by atoms with Gasteiger partial charge in [-0.05, 0) is 30.2 Å². The standard InChI is InChI=1S/C16H16N2S/c1-2-15-13-10-6-7-11-14(13)18-16(19-15)17-12-8-4-3-5-9-12/h3-11,15H,2H2,1H3,(H,17,18). The second kappa shape index (κ2) is 5.49. The van der Waals surface area contributed by atoms with Gasteiger partial charge in [-0.25, -0.2) is 4.99 Å². The number of amidine groups is 1. The molecule has 1 aliphatic rings. The molecule has 2 aromatic carbocycles. The van der Waals surface area contributed by atoms with Gasteiger partial charge in [0.1, 0.15) is 0 Å². The van der Waals surface area contributed by atoms with Crippen molar-refractivity contribution in [1.82, 2.24) is 0 Å². The number of hydrogen-bond donors (Lipinski definition) is 1. The van der Waals surface area contributed by atoms with Gasteiger partial charge in [-0.1, -0.05) is 55.1 Å². The average Bonchev–Trinajstić information content (AvgIpc) is 2.47. The molecule has 0 aromatic heterocycles. The van der Waals surface area contributed by atoms with Crippen LogP contribution in [0.5, 0.6) is 0 Å². The molecule has 0 aliphatic carbocycles. The Morgan fingerprint density at radius 2 is 1.79 bits per heavy atom. The summed E-state index contributed by atoms with van der Waals surface area (Å²) in [6.07, 6.45) is 1.11. The van der Waals surface area contributed by atoms with Crippen LogP contribution < -0.4 is 5.32 Å². The minimum Gasteiger partial charge on any atom is -0.335 e. The van der Waals surface area contributed by atoms with Crippen LogP contribution in [0.15, 0.2) is 59.6 Å². The van der Waals surface area contributed by atoms with Gasteiger partial charge in [0.05, 0.1) is 5.69 Å². The molecule has 0 spiro atoms. The van der Waals surface area contributed by atoms with Crippen LogP contribution in [0.4, 0.5) is 11.4 Å². The van der Waals surface area contributed by atoms with Crippen molar-refractivity contribution in [3.63, 3.8) is 0 Å². The molecule has 0 fully saturated rings. The second-order valence-corrected chi connectivity index (χ2v) is 5.67. The Morgan fingerprint density at radius 3 is 2.58 bits per heavy atom. The maximum absolute atomic E-state index is 4.71. The zero-order valence-corrected chi connectivity index (χ0v) is 11.7. The van der Waals surface area contributed by atoms with Gasteiger partial charge in [-0.15, -0.1) is 0 Å². The van der Waals surface area contributed by atoms with Crippen molar-refractivity contribution >= 4 is 28.3 Å². The molecule has 0 bridgehead atoms. The largest absolute Gasteiger partial charge is 0.335 e. The Morgan fingerprint density at radius 1 is 1.05 bits per heavy atom. The molecule has 1 unspecified atom stereocenters. The van der Waals surface area contributed by atoms with E-state index >= 15 is 0 Å². The minimum absolute atomic E-state index is 0.486. The molecule has 0 saturated carbocycles. The molecule has 1 aliphatic heterocycles. The molecular formula is C16H16N2S. The number of hydrogen-bond acceptors (Lipinski definition) is 3. The zero-order valence-electron chi connectivity index (χ0n) is 10.8. The van der Waals surface area contributed by atoms with Gasteiger partial charge in [0, 0.05) is 10.9 Å². The molecular weight excluding hydrogens is 252 g/mol. The smallest absolute Gasteiger partial charge is 0.166 e. The van der Waals surface area contributed by atoms with Crippen LogP contribution in [0, 0.1) is 0 Å². The predicted molar refractivity (Wildman–Crippen MR) is 84.2 cm³/mol. The fourth-order valence-corrected chi connectivity index (χ4v) is 3.29. The third kappa shape index (κ3) is 2.66. The van der Waals surface area contributed by atoms with Gasteiger partial charge >= 0.3 is 0 Å². The molecule has 3 heteroatoms. The highest BCUT2D eigenvalue weighted by Gasteiger charge is 2.21. The summed E-state index contributed by atoms with van der Waals surface area (Å²) in [6.45, 7) is 2.22. The predicted octanol–water partition coefficient (Wildman–Crippen LogP) is 4.98. The zero-order chi connectivity index (χ0) is 13.1. The lowest BCUT2D eigenvalue weighted by Crippen LogP contribution is -2.13. The van der Waals surface area contributed by atoms with Crippen LogP contribution in [0.1, 0.15) is 24.2 Å². The summed E-state index contributed by atoms with van der Waals surface area (Å²) < 4.78 is 0. The van der Waals surface area contributed by atoms with Crippen LogP contribution in [-0.4, -0.2) is 5.17 Å². The highest BCUT2D eigenvalue weighted by atomic mass is 32.2. The summed E-state index contributed by atoms with van der Waals surface area (Å²) in [4.78, 5) is 4.71. The van der Waals surface area contributed by atoms with Crippen molar-refractivity contribution < 1.29 is 0 Å². The first kappa shape index (κ1) is 12.3. The van der Waals surface area contributed by atoms with E-state index in [1.807, 2.05) is 36.0 Å². The molecule has 2 aromatic rings. The Hall–Kier alpha value is -1.74. The minimum atomic E-state index is 0.486. The van der Waals surface area contributed by atoms with E-state index in [1.54, 1.807) is 0 Å². The number of benzene rings is 2. The fraction of sp³-hybridized carbons (Fsp3) is 0.188. The van der Waals surface area contributed by atoms with Crippen molar-refractivity contribution in [3.05, 3.63) is 60.2 Å². The molecule has 1 N–H and O–H groups in total. The lowest BCUT2D eigenvalue weighted by atomic mass is 10.1. The van der Waals surface area contributed by atoms with E-state index in [4.69, 9.17) is 4.99 Å². The van der Waals surface area contributed by atoms with Crippen molar-refractivity contribution in [2.24, 2.45) is 4.99 Å². The Balaban J connectivity index is 1.90. The molecule has 0 amide bonds. The first-order valence-electron chi connectivity index (χ1n) is 6.53. The van der Waals surface area contributed by atoms with E-state index in [0.717, 1.165) is 23.0 Å². The molecule has 1 heterocycles. The summed E-state index contributed by atoms with van der Waals surface area (Å²) in [5.74, 6) is 0. The molecule has 0 radical (unpaired) electrons. The number of nitrogens with one attached hydrogen (secondary N) is 1. The molecule has 1 atom stereocenters. The fourth-order valence-electron chi connectivity index (χ4n) is 2.20. The van der Waals surface area contributed by atoms with Crippen molar-refractivity contribution in [2.75, 3.05) is 5.32 Å². The number of aliphatic imine (C=N–C) groups is 1. The van der Waals surface area contributed by atoms with E-state index in [9.17, 15) is 0 Å². The Bertz CT molecular complexity index is 593. The SMILES string of the molecule is CCC1SC(Nc2ccccc2)=Nc2ccccc21. The van der Waals surface area contributed by atoms with E-state index in [-0.39, 0.29) is 0 Å². The first-order chi connectivity index (χ1) is 9.36. The summed E-state index contributed by atoms with van der Waals surface area (Å²) in [5.41, 5.74) is 3.52. The summed E-state index contributed by atoms with van der Waals surface area (Å²) in [6, 6.07) is 18.6. The van der Waals surface area contributed by atoms with Crippen molar-refractivity contribution in [3.8, 4) is 0 Å². The normalized spacial score (nSPS) is 17.5. The van der Waals surface area contributed by atoms with Gasteiger partial charge < -0.3 is 5.32 Å². The molecule has 96 valence electrons. The number of anilines is 1. The molecule has 3 rings (SSSR count). The van der Waals surface area contributed by atoms with Crippen LogP contribution in [-0.2, 0) is 0 Å². The third-order valence-electron chi connectivity index (χ3n) is 3.16. The number of fused-ring (bicyclic) bond motifs is 1. The van der Waals surface area contributed by atoms with E-state index in [1.165, 1.54) is 5.56 Å². The van der Waals surface area contributed by atoms with E-state index in [0.29, 0.717) is 5.25 Å². The second-order valence-electron chi connectivity index (χ2n) is 4.48. The molecule has 19 heavy (non-hydrogen) atoms. The molecule has 2 nitrogen and oxygen atoms in total. The summed E-state index contributed by atoms with van der Waals surface area (Å²) >= 11 is 1.81. The Kier molecular flexibility index (Phi) is 3.56. The van der Waals surface area contributed by atoms with Gasteiger partial charge in [-0.2, -0.15) is 0 Å². The van der Waals surface area contributed by atoms with Crippen LogP contribution in [0.3, 0.4) is 0 Å². The summed E-state index contributed by atoms with van der Waals surface area (Å²) in [7, 11) is 0. The monoisotopic (exact) mass is 268 g/mol. The van der Waals surface area contributed by atoms with Crippen LogP contribution >= 0.6 is 11.8 Å². The number of para-hydroxylation sites is 2.